The van der Waals surface area contributed by atoms with E-state index in [1.165, 1.54) is 5.56 Å². The maximum Gasteiger partial charge on any atom is 0.255 e. The maximum absolute atomic E-state index is 13.0. The lowest BCUT2D eigenvalue weighted by atomic mass is 10.1. The number of morpholine rings is 1. The Kier molecular flexibility index (Phi) is 5.67. The van der Waals surface area contributed by atoms with Crippen LogP contribution in [0.5, 0.6) is 0 Å². The highest BCUT2D eigenvalue weighted by molar-refractivity contribution is 5.94. The zero-order valence-corrected chi connectivity index (χ0v) is 17.9. The monoisotopic (exact) mass is 420 g/mol. The largest absolute Gasteiger partial charge is 0.378 e. The van der Waals surface area contributed by atoms with E-state index in [1.54, 1.807) is 0 Å². The molecule has 0 radical (unpaired) electrons. The number of aromatic nitrogens is 3. The smallest absolute Gasteiger partial charge is 0.255 e. The van der Waals surface area contributed by atoms with Gasteiger partial charge in [0, 0.05) is 45.5 Å². The van der Waals surface area contributed by atoms with Crippen LogP contribution in [0.25, 0.3) is 5.65 Å². The Bertz CT molecular complexity index is 1050. The molecule has 0 bridgehead atoms. The molecule has 0 spiro atoms. The van der Waals surface area contributed by atoms with Crippen LogP contribution >= 0.6 is 0 Å². The summed E-state index contributed by atoms with van der Waals surface area (Å²) < 4.78 is 7.36. The molecule has 4 heterocycles. The third-order valence-corrected chi connectivity index (χ3v) is 6.25. The van der Waals surface area contributed by atoms with Gasteiger partial charge in [-0.25, -0.2) is 0 Å². The first-order valence-electron chi connectivity index (χ1n) is 10.9. The summed E-state index contributed by atoms with van der Waals surface area (Å²) >= 11 is 0. The molecule has 1 unspecified atom stereocenters. The van der Waals surface area contributed by atoms with Crippen molar-refractivity contribution in [2.75, 3.05) is 53.0 Å². The summed E-state index contributed by atoms with van der Waals surface area (Å²) in [4.78, 5) is 19.6. The molecule has 2 aromatic heterocycles. The van der Waals surface area contributed by atoms with Crippen LogP contribution in [0.3, 0.4) is 0 Å². The highest BCUT2D eigenvalue weighted by atomic mass is 16.5. The van der Waals surface area contributed by atoms with Gasteiger partial charge in [0.2, 0.25) is 0 Å². The van der Waals surface area contributed by atoms with Crippen molar-refractivity contribution in [3.63, 3.8) is 0 Å². The highest BCUT2D eigenvalue weighted by Crippen LogP contribution is 2.25. The Morgan fingerprint density at radius 1 is 1.03 bits per heavy atom. The molecule has 162 valence electrons. The normalized spacial score (nSPS) is 20.9. The van der Waals surface area contributed by atoms with Gasteiger partial charge in [-0.2, -0.15) is 0 Å². The van der Waals surface area contributed by atoms with Crippen LogP contribution in [0, 0.1) is 0 Å². The number of piperazine rings is 1. The van der Waals surface area contributed by atoms with Gasteiger partial charge in [-0.15, -0.1) is 10.2 Å². The molecule has 3 aromatic rings. The van der Waals surface area contributed by atoms with Crippen molar-refractivity contribution in [3.8, 4) is 0 Å². The van der Waals surface area contributed by atoms with E-state index in [-0.39, 0.29) is 11.9 Å². The summed E-state index contributed by atoms with van der Waals surface area (Å²) in [5.74, 6) is 0.916. The standard InChI is InChI=1S/C23H28N6O2/c1-26-9-10-27(15-18-5-3-2-4-6-18)17-20(26)22-25-24-21-8-7-19(16-29(21)22)23(30)28-11-13-31-14-12-28/h2-8,16,20H,9-15,17H2,1H3. The molecule has 2 aliphatic rings. The van der Waals surface area contributed by atoms with Gasteiger partial charge in [-0.1, -0.05) is 30.3 Å². The fourth-order valence-corrected chi connectivity index (χ4v) is 4.41. The molecular weight excluding hydrogens is 392 g/mol. The summed E-state index contributed by atoms with van der Waals surface area (Å²) in [6, 6.07) is 14.4. The van der Waals surface area contributed by atoms with Crippen LogP contribution in [0.4, 0.5) is 0 Å². The molecule has 0 aliphatic carbocycles. The Balaban J connectivity index is 1.39. The maximum atomic E-state index is 13.0. The van der Waals surface area contributed by atoms with E-state index in [0.29, 0.717) is 31.9 Å². The number of benzene rings is 1. The van der Waals surface area contributed by atoms with Crippen molar-refractivity contribution < 1.29 is 9.53 Å². The predicted octanol–water partition coefficient (Wildman–Crippen LogP) is 1.69. The van der Waals surface area contributed by atoms with Gasteiger partial charge in [-0.3, -0.25) is 19.0 Å². The van der Waals surface area contributed by atoms with Crippen molar-refractivity contribution in [1.82, 2.24) is 29.3 Å². The van der Waals surface area contributed by atoms with Crippen LogP contribution < -0.4 is 0 Å². The Morgan fingerprint density at radius 3 is 2.65 bits per heavy atom. The van der Waals surface area contributed by atoms with E-state index in [9.17, 15) is 4.79 Å². The van der Waals surface area contributed by atoms with Crippen molar-refractivity contribution in [2.45, 2.75) is 12.6 Å². The van der Waals surface area contributed by atoms with Gasteiger partial charge in [0.25, 0.3) is 5.91 Å². The fraction of sp³-hybridized carbons (Fsp3) is 0.435. The molecule has 2 fully saturated rings. The molecule has 0 saturated carbocycles. The summed E-state index contributed by atoms with van der Waals surface area (Å²) in [6.45, 7) is 6.21. The first-order valence-corrected chi connectivity index (χ1v) is 10.9. The first-order chi connectivity index (χ1) is 15.2. The minimum atomic E-state index is 0.0348. The third kappa shape index (κ3) is 4.19. The molecule has 5 rings (SSSR count). The number of ether oxygens (including phenoxy) is 1. The minimum absolute atomic E-state index is 0.0348. The van der Waals surface area contributed by atoms with Crippen molar-refractivity contribution in [2.24, 2.45) is 0 Å². The lowest BCUT2D eigenvalue weighted by molar-refractivity contribution is 0.0302. The molecule has 0 N–H and O–H groups in total. The van der Waals surface area contributed by atoms with Gasteiger partial charge in [0.15, 0.2) is 11.5 Å². The molecule has 31 heavy (non-hydrogen) atoms. The lowest BCUT2D eigenvalue weighted by Crippen LogP contribution is -2.46. The number of amides is 1. The molecule has 1 atom stereocenters. The summed E-state index contributed by atoms with van der Waals surface area (Å²) in [5, 5.41) is 8.90. The summed E-state index contributed by atoms with van der Waals surface area (Å²) in [7, 11) is 2.13. The topological polar surface area (TPSA) is 66.2 Å². The number of fused-ring (bicyclic) bond motifs is 1. The number of nitrogens with zero attached hydrogens (tertiary/aromatic N) is 6. The van der Waals surface area contributed by atoms with E-state index in [4.69, 9.17) is 4.74 Å². The molecule has 1 aromatic carbocycles. The Hall–Kier alpha value is -2.81. The Morgan fingerprint density at radius 2 is 1.84 bits per heavy atom. The first kappa shape index (κ1) is 20.1. The van der Waals surface area contributed by atoms with Crippen molar-refractivity contribution in [1.29, 1.82) is 0 Å². The van der Waals surface area contributed by atoms with Crippen LogP contribution in [-0.4, -0.2) is 88.2 Å². The average Bonchev–Trinajstić information content (AvgIpc) is 3.24. The molecule has 8 nitrogen and oxygen atoms in total. The van der Waals surface area contributed by atoms with E-state index in [1.807, 2.05) is 27.6 Å². The number of pyridine rings is 1. The van der Waals surface area contributed by atoms with Gasteiger partial charge >= 0.3 is 0 Å². The second-order valence-electron chi connectivity index (χ2n) is 8.33. The third-order valence-electron chi connectivity index (χ3n) is 6.25. The summed E-state index contributed by atoms with van der Waals surface area (Å²) in [5.41, 5.74) is 2.74. The molecule has 2 saturated heterocycles. The molecule has 8 heteroatoms. The number of hydrogen-bond acceptors (Lipinski definition) is 6. The number of hydrogen-bond donors (Lipinski definition) is 0. The zero-order chi connectivity index (χ0) is 21.2. The van der Waals surface area contributed by atoms with Gasteiger partial charge in [0.1, 0.15) is 0 Å². The van der Waals surface area contributed by atoms with Crippen molar-refractivity contribution >= 4 is 11.6 Å². The fourth-order valence-electron chi connectivity index (χ4n) is 4.41. The zero-order valence-electron chi connectivity index (χ0n) is 17.9. The van der Waals surface area contributed by atoms with Crippen LogP contribution in [0.2, 0.25) is 0 Å². The van der Waals surface area contributed by atoms with Crippen LogP contribution in [-0.2, 0) is 11.3 Å². The average molecular weight is 421 g/mol. The van der Waals surface area contributed by atoms with Crippen molar-refractivity contribution in [3.05, 3.63) is 65.6 Å². The van der Waals surface area contributed by atoms with Gasteiger partial charge < -0.3 is 9.64 Å². The highest BCUT2D eigenvalue weighted by Gasteiger charge is 2.30. The quantitative estimate of drug-likeness (QED) is 0.640. The van der Waals surface area contributed by atoms with E-state index >= 15 is 0 Å². The van der Waals surface area contributed by atoms with Crippen LogP contribution in [0.1, 0.15) is 27.8 Å². The second kappa shape index (κ2) is 8.74. The predicted molar refractivity (Wildman–Crippen MR) is 117 cm³/mol. The van der Waals surface area contributed by atoms with Crippen LogP contribution in [0.15, 0.2) is 48.7 Å². The molecule has 1 amide bonds. The number of likely N-dealkylation sites (N-methyl/N-ethyl adjacent to an activating group) is 1. The number of rotatable bonds is 4. The van der Waals surface area contributed by atoms with Gasteiger partial charge in [0.05, 0.1) is 24.8 Å². The molecular formula is C23H28N6O2. The molecule has 2 aliphatic heterocycles. The van der Waals surface area contributed by atoms with E-state index < -0.39 is 0 Å². The van der Waals surface area contributed by atoms with E-state index in [2.05, 4.69) is 57.4 Å². The number of carbonyl (C=O) groups excluding carboxylic acids is 1. The second-order valence-corrected chi connectivity index (χ2v) is 8.33. The Labute approximate surface area is 182 Å². The number of carbonyl (C=O) groups is 1. The van der Waals surface area contributed by atoms with Gasteiger partial charge in [-0.05, 0) is 24.7 Å². The summed E-state index contributed by atoms with van der Waals surface area (Å²) in [6.07, 6.45) is 1.90. The SMILES string of the molecule is CN1CCN(Cc2ccccc2)CC1c1nnc2ccc(C(=O)N3CCOCC3)cn12. The minimum Gasteiger partial charge on any atom is -0.378 e. The van der Waals surface area contributed by atoms with E-state index in [0.717, 1.165) is 37.7 Å². The lowest BCUT2D eigenvalue weighted by Gasteiger charge is -2.38.